The zero-order chi connectivity index (χ0) is 28.1. The average Bonchev–Trinajstić information content (AvgIpc) is 3.56. The predicted octanol–water partition coefficient (Wildman–Crippen LogP) is 9.40. The molecule has 1 aliphatic carbocycles. The summed E-state index contributed by atoms with van der Waals surface area (Å²) in [6.45, 7) is 13.7. The molecule has 40 heavy (non-hydrogen) atoms. The summed E-state index contributed by atoms with van der Waals surface area (Å²) in [7, 11) is 0. The second kappa shape index (κ2) is 12.5. The number of allylic oxidation sites excluding steroid dienone is 2. The number of nitrogens with zero attached hydrogens (tertiary/aromatic N) is 2. The van der Waals surface area contributed by atoms with Crippen LogP contribution >= 0.6 is 0 Å². The fourth-order valence-corrected chi connectivity index (χ4v) is 7.26. The van der Waals surface area contributed by atoms with Crippen LogP contribution in [-0.4, -0.2) is 35.0 Å². The summed E-state index contributed by atoms with van der Waals surface area (Å²) in [4.78, 5) is 2.26. The number of rotatable bonds is 12. The Bertz CT molecular complexity index is 1410. The van der Waals surface area contributed by atoms with E-state index in [0.717, 1.165) is 43.2 Å². The quantitative estimate of drug-likeness (QED) is 0.142. The van der Waals surface area contributed by atoms with Gasteiger partial charge in [0.25, 0.3) is 0 Å². The van der Waals surface area contributed by atoms with E-state index >= 15 is 0 Å². The number of hydrogen-bond donors (Lipinski definition) is 1. The van der Waals surface area contributed by atoms with E-state index in [0.29, 0.717) is 5.75 Å². The van der Waals surface area contributed by atoms with E-state index in [2.05, 4.69) is 97.5 Å². The first-order valence-electron chi connectivity index (χ1n) is 15.5. The molecule has 3 aromatic rings. The minimum atomic E-state index is -0.198. The first-order chi connectivity index (χ1) is 19.5. The van der Waals surface area contributed by atoms with Crippen molar-refractivity contribution >= 4 is 33.9 Å². The van der Waals surface area contributed by atoms with Gasteiger partial charge in [0.1, 0.15) is 12.3 Å². The maximum Gasteiger partial charge on any atom is 0.210 e. The van der Waals surface area contributed by atoms with Crippen molar-refractivity contribution < 1.29 is 9.68 Å². The summed E-state index contributed by atoms with van der Waals surface area (Å²) in [5.41, 5.74) is 5.74. The van der Waals surface area contributed by atoms with Crippen LogP contribution in [0.1, 0.15) is 83.3 Å². The van der Waals surface area contributed by atoms with E-state index in [4.69, 9.17) is 0 Å². The molecule has 0 radical (unpaired) electrons. The van der Waals surface area contributed by atoms with Crippen molar-refractivity contribution in [3.05, 3.63) is 84.5 Å². The summed E-state index contributed by atoms with van der Waals surface area (Å²) >= 11 is 0. The third kappa shape index (κ3) is 5.48. The van der Waals surface area contributed by atoms with Crippen LogP contribution in [0.5, 0.6) is 5.75 Å². The van der Waals surface area contributed by atoms with Crippen molar-refractivity contribution in [1.82, 2.24) is 0 Å². The minimum absolute atomic E-state index is 0.198. The van der Waals surface area contributed by atoms with Crippen LogP contribution in [0.2, 0.25) is 0 Å². The molecule has 0 spiro atoms. The van der Waals surface area contributed by atoms with Crippen molar-refractivity contribution in [1.29, 1.82) is 0 Å². The third-order valence-corrected chi connectivity index (χ3v) is 9.44. The highest BCUT2D eigenvalue weighted by molar-refractivity contribution is 6.09. The van der Waals surface area contributed by atoms with Gasteiger partial charge in [0.05, 0.1) is 5.41 Å². The molecule has 1 aliphatic heterocycles. The van der Waals surface area contributed by atoms with Gasteiger partial charge in [0, 0.05) is 54.5 Å². The summed E-state index contributed by atoms with van der Waals surface area (Å²) in [5.74, 6) is 1.27. The number of phenolic OH excluding ortho intramolecular Hbond substituents is 1. The van der Waals surface area contributed by atoms with E-state index < -0.39 is 0 Å². The van der Waals surface area contributed by atoms with Crippen LogP contribution in [-0.2, 0) is 5.41 Å². The average molecular weight is 536 g/mol. The maximum atomic E-state index is 11.0. The standard InChI is InChI=1S/C37H46N2O/c1-5-25-37(4)35(24-21-30-19-22-31(27-34(30)40)38(6-2)7-3)39(26-13-12-16-28-14-8-9-15-28)33-23-20-29-17-10-11-18-32(29)36(33)37/h5,10-11,17-24,27-28H,1,6-9,12-16,25-26H2,2-4H3/p+1. The van der Waals surface area contributed by atoms with Crippen LogP contribution in [0.25, 0.3) is 16.8 Å². The maximum absolute atomic E-state index is 11.0. The summed E-state index contributed by atoms with van der Waals surface area (Å²) < 4.78 is 2.57. The molecule has 1 N–H and O–H groups in total. The van der Waals surface area contributed by atoms with Gasteiger partial charge >= 0.3 is 0 Å². The lowest BCUT2D eigenvalue weighted by Crippen LogP contribution is -2.31. The highest BCUT2D eigenvalue weighted by atomic mass is 16.3. The van der Waals surface area contributed by atoms with Gasteiger partial charge in [-0.15, -0.1) is 6.58 Å². The monoisotopic (exact) mass is 535 g/mol. The Kier molecular flexibility index (Phi) is 8.78. The van der Waals surface area contributed by atoms with Crippen molar-refractivity contribution in [2.24, 2.45) is 5.92 Å². The molecule has 0 aromatic heterocycles. The molecule has 0 amide bonds. The molecule has 1 heterocycles. The normalized spacial score (nSPS) is 19.2. The molecule has 3 aromatic carbocycles. The Morgan fingerprint density at radius 2 is 1.77 bits per heavy atom. The zero-order valence-electron chi connectivity index (χ0n) is 24.8. The minimum Gasteiger partial charge on any atom is -0.507 e. The lowest BCUT2D eigenvalue weighted by molar-refractivity contribution is -0.438. The van der Waals surface area contributed by atoms with Gasteiger partial charge in [-0.1, -0.05) is 62.4 Å². The molecule has 2 aliphatic rings. The van der Waals surface area contributed by atoms with Gasteiger partial charge in [0.2, 0.25) is 5.69 Å². The lowest BCUT2D eigenvalue weighted by Gasteiger charge is -2.22. The second-order valence-electron chi connectivity index (χ2n) is 11.9. The van der Waals surface area contributed by atoms with Gasteiger partial charge < -0.3 is 10.0 Å². The summed E-state index contributed by atoms with van der Waals surface area (Å²) in [6, 6.07) is 19.5. The van der Waals surface area contributed by atoms with E-state index in [1.54, 1.807) is 0 Å². The summed E-state index contributed by atoms with van der Waals surface area (Å²) in [5, 5.41) is 13.6. The Balaban J connectivity index is 1.53. The van der Waals surface area contributed by atoms with Crippen molar-refractivity contribution in [2.75, 3.05) is 24.5 Å². The number of benzene rings is 3. The number of anilines is 1. The van der Waals surface area contributed by atoms with Gasteiger partial charge in [-0.2, -0.15) is 4.58 Å². The van der Waals surface area contributed by atoms with Gasteiger partial charge in [-0.05, 0) is 74.6 Å². The molecule has 3 nitrogen and oxygen atoms in total. The summed E-state index contributed by atoms with van der Waals surface area (Å²) in [6.07, 6.45) is 16.8. The smallest absolute Gasteiger partial charge is 0.210 e. The van der Waals surface area contributed by atoms with Crippen molar-refractivity contribution in [2.45, 2.75) is 77.6 Å². The molecular weight excluding hydrogens is 488 g/mol. The van der Waals surface area contributed by atoms with E-state index in [1.807, 2.05) is 12.1 Å². The molecule has 1 atom stereocenters. The van der Waals surface area contributed by atoms with Crippen LogP contribution in [0.15, 0.2) is 73.3 Å². The Morgan fingerprint density at radius 1 is 1.00 bits per heavy atom. The molecule has 210 valence electrons. The topological polar surface area (TPSA) is 26.5 Å². The largest absolute Gasteiger partial charge is 0.507 e. The molecular formula is C37H47N2O+. The molecule has 5 rings (SSSR count). The number of unbranched alkanes of at least 4 members (excludes halogenated alkanes) is 1. The highest BCUT2D eigenvalue weighted by Crippen LogP contribution is 2.47. The first-order valence-corrected chi connectivity index (χ1v) is 15.5. The van der Waals surface area contributed by atoms with Crippen molar-refractivity contribution in [3.8, 4) is 5.75 Å². The van der Waals surface area contributed by atoms with Crippen LogP contribution in [0, 0.1) is 5.92 Å². The fourth-order valence-electron chi connectivity index (χ4n) is 7.26. The molecule has 0 saturated heterocycles. The number of aromatic hydroxyl groups is 1. The fraction of sp³-hybridized carbons (Fsp3) is 0.432. The Morgan fingerprint density at radius 3 is 2.50 bits per heavy atom. The van der Waals surface area contributed by atoms with Crippen LogP contribution < -0.4 is 4.90 Å². The Labute approximate surface area is 241 Å². The number of fused-ring (bicyclic) bond motifs is 3. The van der Waals surface area contributed by atoms with Crippen LogP contribution in [0.4, 0.5) is 11.4 Å². The molecule has 3 heteroatoms. The van der Waals surface area contributed by atoms with E-state index in [-0.39, 0.29) is 5.41 Å². The lowest BCUT2D eigenvalue weighted by atomic mass is 9.74. The van der Waals surface area contributed by atoms with Crippen LogP contribution in [0.3, 0.4) is 0 Å². The van der Waals surface area contributed by atoms with Gasteiger partial charge in [-0.25, -0.2) is 0 Å². The molecule has 0 bridgehead atoms. The predicted molar refractivity (Wildman–Crippen MR) is 172 cm³/mol. The third-order valence-electron chi connectivity index (χ3n) is 9.44. The number of hydrogen-bond acceptors (Lipinski definition) is 2. The molecule has 1 unspecified atom stereocenters. The van der Waals surface area contributed by atoms with Gasteiger partial charge in [0.15, 0.2) is 5.71 Å². The van der Waals surface area contributed by atoms with E-state index in [9.17, 15) is 5.11 Å². The molecule has 1 fully saturated rings. The molecule has 1 saturated carbocycles. The number of phenols is 1. The van der Waals surface area contributed by atoms with Gasteiger partial charge in [-0.3, -0.25) is 0 Å². The highest BCUT2D eigenvalue weighted by Gasteiger charge is 2.47. The van der Waals surface area contributed by atoms with Crippen molar-refractivity contribution in [3.63, 3.8) is 0 Å². The SMILES string of the molecule is C=CCC1(C)C(C=Cc2ccc(N(CC)CC)cc2O)=[N+](CCCCC2CCCC2)c2ccc3ccccc3c21. The first kappa shape index (κ1) is 28.2. The Hall–Kier alpha value is -3.33. The zero-order valence-corrected chi connectivity index (χ0v) is 24.8. The van der Waals surface area contributed by atoms with E-state index in [1.165, 1.54) is 72.7 Å². The second-order valence-corrected chi connectivity index (χ2v) is 11.9.